The zero-order valence-electron chi connectivity index (χ0n) is 6.92. The van der Waals surface area contributed by atoms with Crippen molar-refractivity contribution < 1.29 is 4.92 Å². The van der Waals surface area contributed by atoms with Crippen LogP contribution in [-0.2, 0) is 5.88 Å². The molecule has 0 aliphatic rings. The second-order valence-corrected chi connectivity index (χ2v) is 3.40. The van der Waals surface area contributed by atoms with Gasteiger partial charge in [-0.05, 0) is 0 Å². The van der Waals surface area contributed by atoms with Crippen LogP contribution >= 0.6 is 11.8 Å². The minimum atomic E-state index is -0.461. The van der Waals surface area contributed by atoms with Gasteiger partial charge in [-0.25, -0.2) is 0 Å². The third-order valence-corrected chi connectivity index (χ3v) is 2.29. The predicted octanol–water partition coefficient (Wildman–Crippen LogP) is 0.441. The molecule has 1 heterocycles. The van der Waals surface area contributed by atoms with E-state index in [1.165, 1.54) is 17.1 Å². The molecule has 1 aromatic rings. The Hall–Kier alpha value is -1.08. The van der Waals surface area contributed by atoms with Crippen molar-refractivity contribution in [2.24, 2.45) is 5.73 Å². The van der Waals surface area contributed by atoms with Gasteiger partial charge in [0.25, 0.3) is 0 Å². The van der Waals surface area contributed by atoms with Crippen molar-refractivity contribution in [3.63, 3.8) is 0 Å². The summed E-state index contributed by atoms with van der Waals surface area (Å²) in [5.74, 6) is 1.43. The van der Waals surface area contributed by atoms with Crippen molar-refractivity contribution in [2.45, 2.75) is 5.88 Å². The minimum Gasteiger partial charge on any atom is -0.330 e. The van der Waals surface area contributed by atoms with Crippen LogP contribution in [-0.4, -0.2) is 27.0 Å². The molecule has 72 valence electrons. The average molecular weight is 202 g/mol. The van der Waals surface area contributed by atoms with Crippen molar-refractivity contribution in [1.82, 2.24) is 9.78 Å². The highest BCUT2D eigenvalue weighted by molar-refractivity contribution is 7.98. The first kappa shape index (κ1) is 10.0. The fraction of sp³-hybridized carbons (Fsp3) is 0.500. The van der Waals surface area contributed by atoms with Gasteiger partial charge in [-0.15, -0.1) is 11.8 Å². The van der Waals surface area contributed by atoms with Gasteiger partial charge in [0.2, 0.25) is 0 Å². The maximum Gasteiger partial charge on any atom is 0.307 e. The van der Waals surface area contributed by atoms with Crippen LogP contribution < -0.4 is 5.73 Å². The molecule has 0 spiro atoms. The average Bonchev–Trinajstić information content (AvgIpc) is 2.53. The molecule has 0 aliphatic carbocycles. The molecule has 2 N–H and O–H groups in total. The summed E-state index contributed by atoms with van der Waals surface area (Å²) < 4.78 is 1.53. The molecule has 0 bridgehead atoms. The number of nitro groups is 1. The van der Waals surface area contributed by atoms with Gasteiger partial charge in [-0.2, -0.15) is 5.10 Å². The maximum atomic E-state index is 10.3. The summed E-state index contributed by atoms with van der Waals surface area (Å²) >= 11 is 1.58. The second-order valence-electron chi connectivity index (χ2n) is 2.32. The van der Waals surface area contributed by atoms with Crippen LogP contribution in [0, 0.1) is 10.1 Å². The van der Waals surface area contributed by atoms with E-state index >= 15 is 0 Å². The Morgan fingerprint density at radius 2 is 2.54 bits per heavy atom. The number of aromatic nitrogens is 2. The molecule has 0 saturated heterocycles. The number of hydrogen-bond donors (Lipinski definition) is 1. The molecule has 0 amide bonds. The number of nitrogens with two attached hydrogens (primary N) is 1. The van der Waals surface area contributed by atoms with Gasteiger partial charge < -0.3 is 5.73 Å². The Bertz CT molecular complexity index is 288. The van der Waals surface area contributed by atoms with Crippen LogP contribution in [0.3, 0.4) is 0 Å². The molecule has 0 atom stereocenters. The van der Waals surface area contributed by atoms with Gasteiger partial charge in [0.15, 0.2) is 0 Å². The summed E-state index contributed by atoms with van der Waals surface area (Å²) in [7, 11) is 0. The number of rotatable bonds is 5. The van der Waals surface area contributed by atoms with Crippen molar-refractivity contribution in [2.75, 3.05) is 12.3 Å². The van der Waals surface area contributed by atoms with E-state index in [0.29, 0.717) is 12.4 Å². The molecule has 0 aliphatic heterocycles. The molecule has 0 saturated carbocycles. The molecule has 6 nitrogen and oxygen atoms in total. The van der Waals surface area contributed by atoms with E-state index in [-0.39, 0.29) is 5.69 Å². The Balaban J connectivity index is 2.44. The van der Waals surface area contributed by atoms with Crippen LogP contribution in [0.25, 0.3) is 0 Å². The highest BCUT2D eigenvalue weighted by Crippen LogP contribution is 2.10. The van der Waals surface area contributed by atoms with Crippen LogP contribution in [0.1, 0.15) is 0 Å². The van der Waals surface area contributed by atoms with E-state index in [2.05, 4.69) is 5.10 Å². The zero-order chi connectivity index (χ0) is 9.68. The van der Waals surface area contributed by atoms with Crippen molar-refractivity contribution in [3.05, 3.63) is 22.5 Å². The predicted molar refractivity (Wildman–Crippen MR) is 50.4 cm³/mol. The molecule has 0 unspecified atom stereocenters. The van der Waals surface area contributed by atoms with Crippen LogP contribution in [0.4, 0.5) is 5.69 Å². The third kappa shape index (κ3) is 3.03. The summed E-state index contributed by atoms with van der Waals surface area (Å²) in [6.45, 7) is 0.605. The van der Waals surface area contributed by atoms with Gasteiger partial charge in [0.1, 0.15) is 12.4 Å². The van der Waals surface area contributed by atoms with E-state index in [1.807, 2.05) is 0 Å². The highest BCUT2D eigenvalue weighted by atomic mass is 32.2. The Labute approximate surface area is 79.2 Å². The largest absolute Gasteiger partial charge is 0.330 e. The SMILES string of the molecule is NCCSCn1cc([N+](=O)[O-])cn1. The fourth-order valence-corrected chi connectivity index (χ4v) is 1.38. The van der Waals surface area contributed by atoms with Gasteiger partial charge in [0, 0.05) is 12.3 Å². The first-order valence-electron chi connectivity index (χ1n) is 3.68. The van der Waals surface area contributed by atoms with Crippen LogP contribution in [0.15, 0.2) is 12.4 Å². The summed E-state index contributed by atoms with van der Waals surface area (Å²) in [5, 5.41) is 14.1. The van der Waals surface area contributed by atoms with E-state index in [1.54, 1.807) is 11.8 Å². The first-order chi connectivity index (χ1) is 6.24. The molecule has 1 aromatic heterocycles. The smallest absolute Gasteiger partial charge is 0.307 e. The van der Waals surface area contributed by atoms with Crippen LogP contribution in [0.5, 0.6) is 0 Å². The van der Waals surface area contributed by atoms with E-state index in [9.17, 15) is 10.1 Å². The van der Waals surface area contributed by atoms with Crippen molar-refractivity contribution in [3.8, 4) is 0 Å². The Morgan fingerprint density at radius 1 is 1.77 bits per heavy atom. The maximum absolute atomic E-state index is 10.3. The normalized spacial score (nSPS) is 10.2. The molecular formula is C6H10N4O2S. The summed E-state index contributed by atoms with van der Waals surface area (Å²) in [6, 6.07) is 0. The van der Waals surface area contributed by atoms with Gasteiger partial charge in [-0.1, -0.05) is 0 Å². The van der Waals surface area contributed by atoms with E-state index in [0.717, 1.165) is 5.75 Å². The van der Waals surface area contributed by atoms with Crippen LogP contribution in [0.2, 0.25) is 0 Å². The highest BCUT2D eigenvalue weighted by Gasteiger charge is 2.07. The lowest BCUT2D eigenvalue weighted by atomic mass is 10.6. The topological polar surface area (TPSA) is 87.0 Å². The molecular weight excluding hydrogens is 192 g/mol. The number of thioether (sulfide) groups is 1. The first-order valence-corrected chi connectivity index (χ1v) is 4.84. The zero-order valence-corrected chi connectivity index (χ0v) is 7.74. The lowest BCUT2D eigenvalue weighted by molar-refractivity contribution is -0.385. The molecule has 0 fully saturated rings. The van der Waals surface area contributed by atoms with Crippen molar-refractivity contribution in [1.29, 1.82) is 0 Å². The molecule has 0 aromatic carbocycles. The van der Waals surface area contributed by atoms with Gasteiger partial charge in [-0.3, -0.25) is 14.8 Å². The molecule has 13 heavy (non-hydrogen) atoms. The minimum absolute atomic E-state index is 0.0216. The monoisotopic (exact) mass is 202 g/mol. The molecule has 1 rings (SSSR count). The summed E-state index contributed by atoms with van der Waals surface area (Å²) in [4.78, 5) is 9.81. The quantitative estimate of drug-likeness (QED) is 0.425. The summed E-state index contributed by atoms with van der Waals surface area (Å²) in [5.41, 5.74) is 5.31. The number of nitrogens with zero attached hydrogens (tertiary/aromatic N) is 3. The Morgan fingerprint density at radius 3 is 3.08 bits per heavy atom. The molecule has 7 heteroatoms. The van der Waals surface area contributed by atoms with E-state index in [4.69, 9.17) is 5.73 Å². The number of hydrogen-bond acceptors (Lipinski definition) is 5. The molecule has 0 radical (unpaired) electrons. The van der Waals surface area contributed by atoms with Crippen molar-refractivity contribution >= 4 is 17.4 Å². The third-order valence-electron chi connectivity index (χ3n) is 1.32. The lowest BCUT2D eigenvalue weighted by Gasteiger charge is -1.97. The fourth-order valence-electron chi connectivity index (χ4n) is 0.759. The Kier molecular flexibility index (Phi) is 3.71. The standard InChI is InChI=1S/C6H10N4O2S/c7-1-2-13-5-9-4-6(3-8-9)10(11)12/h3-4H,1-2,5,7H2. The van der Waals surface area contributed by atoms with E-state index < -0.39 is 4.92 Å². The second kappa shape index (κ2) is 4.83. The van der Waals surface area contributed by atoms with Gasteiger partial charge >= 0.3 is 5.69 Å². The lowest BCUT2D eigenvalue weighted by Crippen LogP contribution is -2.03. The van der Waals surface area contributed by atoms with Gasteiger partial charge in [0.05, 0.1) is 10.8 Å². The summed E-state index contributed by atoms with van der Waals surface area (Å²) in [6.07, 6.45) is 2.65.